The summed E-state index contributed by atoms with van der Waals surface area (Å²) in [7, 11) is 5.53. The number of nitrogens with one attached hydrogen (secondary N) is 1. The second-order valence-electron chi connectivity index (χ2n) is 5.86. The summed E-state index contributed by atoms with van der Waals surface area (Å²) in [6.07, 6.45) is 0. The van der Waals surface area contributed by atoms with E-state index >= 15 is 0 Å². The molecule has 6 nitrogen and oxygen atoms in total. The Morgan fingerprint density at radius 1 is 1.00 bits per heavy atom. The first-order valence-electron chi connectivity index (χ1n) is 7.88. The number of rotatable bonds is 4. The van der Waals surface area contributed by atoms with Crippen molar-refractivity contribution in [2.24, 2.45) is 0 Å². The number of nitrogens with zero attached hydrogens (tertiary/aromatic N) is 3. The first kappa shape index (κ1) is 16.7. The normalized spacial score (nSPS) is 11.0. The summed E-state index contributed by atoms with van der Waals surface area (Å²) in [4.78, 5) is 23.4. The highest BCUT2D eigenvalue weighted by Gasteiger charge is 2.14. The predicted octanol–water partition coefficient (Wildman–Crippen LogP) is 4.23. The van der Waals surface area contributed by atoms with Crippen LogP contribution in [0.1, 0.15) is 10.4 Å². The summed E-state index contributed by atoms with van der Waals surface area (Å²) in [5.74, 6) is -0.174. The van der Waals surface area contributed by atoms with Crippen LogP contribution >= 0.6 is 22.7 Å². The van der Waals surface area contributed by atoms with Crippen LogP contribution in [0.5, 0.6) is 5.19 Å². The molecule has 132 valence electrons. The molecule has 2 aromatic heterocycles. The number of carbonyl (C=O) groups is 1. The number of benzene rings is 2. The Morgan fingerprint density at radius 3 is 2.31 bits per heavy atom. The highest BCUT2D eigenvalue weighted by atomic mass is 32.1. The predicted molar refractivity (Wildman–Crippen MR) is 108 cm³/mol. The molecule has 0 fully saturated rings. The number of hydrogen-bond donors (Lipinski definition) is 1. The molecule has 0 radical (unpaired) electrons. The van der Waals surface area contributed by atoms with Crippen molar-refractivity contribution >= 4 is 59.8 Å². The van der Waals surface area contributed by atoms with E-state index in [-0.39, 0.29) is 5.91 Å². The molecule has 0 saturated carbocycles. The van der Waals surface area contributed by atoms with Gasteiger partial charge in [0, 0.05) is 25.3 Å². The van der Waals surface area contributed by atoms with E-state index in [9.17, 15) is 4.79 Å². The molecule has 0 atom stereocenters. The number of thiazole rings is 2. The molecule has 0 bridgehead atoms. The lowest BCUT2D eigenvalue weighted by Gasteiger charge is -2.12. The van der Waals surface area contributed by atoms with Crippen LogP contribution in [0.25, 0.3) is 20.4 Å². The van der Waals surface area contributed by atoms with Crippen molar-refractivity contribution in [2.75, 3.05) is 31.4 Å². The van der Waals surface area contributed by atoms with Crippen molar-refractivity contribution in [3.63, 3.8) is 0 Å². The van der Waals surface area contributed by atoms with Crippen molar-refractivity contribution in [3.8, 4) is 5.19 Å². The van der Waals surface area contributed by atoms with Crippen LogP contribution in [0.4, 0.5) is 10.8 Å². The summed E-state index contributed by atoms with van der Waals surface area (Å²) in [6.45, 7) is 0. The Balaban J connectivity index is 1.63. The number of methoxy groups -OCH3 is 1. The van der Waals surface area contributed by atoms with Crippen LogP contribution in [-0.4, -0.2) is 37.1 Å². The lowest BCUT2D eigenvalue weighted by molar-refractivity contribution is 0.102. The van der Waals surface area contributed by atoms with E-state index in [1.165, 1.54) is 22.7 Å². The van der Waals surface area contributed by atoms with Crippen LogP contribution < -0.4 is 15.0 Å². The molecule has 2 heterocycles. The molecular weight excluding hydrogens is 368 g/mol. The molecule has 8 heteroatoms. The summed E-state index contributed by atoms with van der Waals surface area (Å²) < 4.78 is 7.24. The van der Waals surface area contributed by atoms with E-state index in [2.05, 4.69) is 15.3 Å². The molecule has 0 saturated heterocycles. The van der Waals surface area contributed by atoms with Gasteiger partial charge in [0.05, 0.1) is 27.5 Å². The summed E-state index contributed by atoms with van der Waals surface area (Å²) in [5.41, 5.74) is 3.36. The zero-order valence-corrected chi connectivity index (χ0v) is 16.1. The second kappa shape index (κ2) is 6.54. The highest BCUT2D eigenvalue weighted by Crippen LogP contribution is 2.38. The molecule has 4 aromatic rings. The Morgan fingerprint density at radius 2 is 1.65 bits per heavy atom. The van der Waals surface area contributed by atoms with Gasteiger partial charge in [-0.1, -0.05) is 22.7 Å². The molecule has 1 N–H and O–H groups in total. The zero-order chi connectivity index (χ0) is 18.3. The number of hydrogen-bond acceptors (Lipinski definition) is 7. The standard InChI is InChI=1S/C18H16N4O2S2/c1-22(2)11-6-4-10(5-7-11)16(23)21-17-19-12-8-9-13-15(14(12)25-17)26-18(20-13)24-3/h4-9H,1-3H3,(H,19,21,23). The number of anilines is 2. The summed E-state index contributed by atoms with van der Waals surface area (Å²) in [6, 6.07) is 11.3. The van der Waals surface area contributed by atoms with Crippen LogP contribution in [0, 0.1) is 0 Å². The van der Waals surface area contributed by atoms with Gasteiger partial charge in [-0.05, 0) is 36.4 Å². The number of carbonyl (C=O) groups excluding carboxylic acids is 1. The van der Waals surface area contributed by atoms with Gasteiger partial charge in [-0.15, -0.1) is 0 Å². The van der Waals surface area contributed by atoms with E-state index in [0.717, 1.165) is 26.1 Å². The maximum atomic E-state index is 12.5. The first-order valence-corrected chi connectivity index (χ1v) is 9.51. The molecule has 0 aliphatic rings. The molecule has 2 aromatic carbocycles. The van der Waals surface area contributed by atoms with Gasteiger partial charge in [-0.25, -0.2) is 9.97 Å². The molecule has 26 heavy (non-hydrogen) atoms. The SMILES string of the molecule is COc1nc2ccc3nc(NC(=O)c4ccc(N(C)C)cc4)sc3c2s1. The van der Waals surface area contributed by atoms with Gasteiger partial charge in [0.2, 0.25) is 0 Å². The number of amides is 1. The number of fused-ring (bicyclic) bond motifs is 3. The van der Waals surface area contributed by atoms with Crippen LogP contribution in [-0.2, 0) is 0 Å². The fourth-order valence-corrected chi connectivity index (χ4v) is 4.54. The van der Waals surface area contributed by atoms with Crippen LogP contribution in [0.2, 0.25) is 0 Å². The monoisotopic (exact) mass is 384 g/mol. The quantitative estimate of drug-likeness (QED) is 0.570. The average molecular weight is 384 g/mol. The Kier molecular flexibility index (Phi) is 4.21. The minimum Gasteiger partial charge on any atom is -0.473 e. The number of ether oxygens (including phenoxy) is 1. The molecule has 0 unspecified atom stereocenters. The van der Waals surface area contributed by atoms with Gasteiger partial charge in [0.1, 0.15) is 0 Å². The molecular formula is C18H16N4O2S2. The van der Waals surface area contributed by atoms with Crippen molar-refractivity contribution in [1.82, 2.24) is 9.97 Å². The third kappa shape index (κ3) is 2.97. The Hall–Kier alpha value is -2.71. The molecule has 0 spiro atoms. The molecule has 1 amide bonds. The van der Waals surface area contributed by atoms with Gasteiger partial charge in [0.25, 0.3) is 11.1 Å². The fraction of sp³-hybridized carbons (Fsp3) is 0.167. The minimum absolute atomic E-state index is 0.174. The topological polar surface area (TPSA) is 67.4 Å². The lowest BCUT2D eigenvalue weighted by atomic mass is 10.2. The zero-order valence-electron chi connectivity index (χ0n) is 14.4. The van der Waals surface area contributed by atoms with Crippen LogP contribution in [0.3, 0.4) is 0 Å². The van der Waals surface area contributed by atoms with E-state index in [0.29, 0.717) is 15.9 Å². The van der Waals surface area contributed by atoms with E-state index in [4.69, 9.17) is 4.74 Å². The molecule has 0 aliphatic carbocycles. The Bertz CT molecular complexity index is 1100. The first-order chi connectivity index (χ1) is 12.5. The maximum Gasteiger partial charge on any atom is 0.274 e. The van der Waals surface area contributed by atoms with Gasteiger partial charge in [-0.3, -0.25) is 10.1 Å². The van der Waals surface area contributed by atoms with E-state index < -0.39 is 0 Å². The fourth-order valence-electron chi connectivity index (χ4n) is 2.57. The van der Waals surface area contributed by atoms with Gasteiger partial charge < -0.3 is 9.64 Å². The average Bonchev–Trinajstić information content (AvgIpc) is 3.24. The van der Waals surface area contributed by atoms with Crippen molar-refractivity contribution in [2.45, 2.75) is 0 Å². The van der Waals surface area contributed by atoms with Gasteiger partial charge >= 0.3 is 0 Å². The van der Waals surface area contributed by atoms with E-state index in [1.807, 2.05) is 55.4 Å². The van der Waals surface area contributed by atoms with Gasteiger partial charge in [0.15, 0.2) is 5.13 Å². The third-order valence-electron chi connectivity index (χ3n) is 3.93. The Labute approximate surface area is 158 Å². The second-order valence-corrected chi connectivity index (χ2v) is 7.82. The van der Waals surface area contributed by atoms with Crippen molar-refractivity contribution < 1.29 is 9.53 Å². The molecule has 0 aliphatic heterocycles. The van der Waals surface area contributed by atoms with Gasteiger partial charge in [-0.2, -0.15) is 0 Å². The largest absolute Gasteiger partial charge is 0.473 e. The maximum absolute atomic E-state index is 12.5. The lowest BCUT2D eigenvalue weighted by Crippen LogP contribution is -2.13. The summed E-state index contributed by atoms with van der Waals surface area (Å²) >= 11 is 2.92. The van der Waals surface area contributed by atoms with Crippen LogP contribution in [0.15, 0.2) is 36.4 Å². The smallest absolute Gasteiger partial charge is 0.274 e. The molecule has 4 rings (SSSR count). The highest BCUT2D eigenvalue weighted by molar-refractivity contribution is 7.29. The van der Waals surface area contributed by atoms with E-state index in [1.54, 1.807) is 7.11 Å². The minimum atomic E-state index is -0.174. The number of aromatic nitrogens is 2. The van der Waals surface area contributed by atoms with Crippen molar-refractivity contribution in [3.05, 3.63) is 42.0 Å². The third-order valence-corrected chi connectivity index (χ3v) is 6.12. The van der Waals surface area contributed by atoms with Crippen molar-refractivity contribution in [1.29, 1.82) is 0 Å². The summed E-state index contributed by atoms with van der Waals surface area (Å²) in [5, 5.41) is 4.08.